The Kier molecular flexibility index (Phi) is 5.68. The molecule has 0 saturated heterocycles. The van der Waals surface area contributed by atoms with Crippen molar-refractivity contribution in [2.24, 2.45) is 0 Å². The molecule has 0 fully saturated rings. The van der Waals surface area contributed by atoms with Gasteiger partial charge in [-0.3, -0.25) is 9.78 Å². The first-order chi connectivity index (χ1) is 13.1. The van der Waals surface area contributed by atoms with Crippen LogP contribution in [0.5, 0.6) is 0 Å². The molecule has 0 unspecified atom stereocenters. The second-order valence-corrected chi connectivity index (χ2v) is 5.93. The van der Waals surface area contributed by atoms with Crippen LogP contribution in [0.15, 0.2) is 66.9 Å². The van der Waals surface area contributed by atoms with Crippen molar-refractivity contribution in [3.63, 3.8) is 0 Å². The lowest BCUT2D eigenvalue weighted by Gasteiger charge is -2.11. The van der Waals surface area contributed by atoms with Crippen LogP contribution in [-0.2, 0) is 4.74 Å². The third-order valence-corrected chi connectivity index (χ3v) is 4.06. The van der Waals surface area contributed by atoms with Gasteiger partial charge >= 0.3 is 5.97 Å². The number of hydrogen-bond acceptors (Lipinski definition) is 5. The molecule has 0 atom stereocenters. The fraction of sp³-hybridized carbons (Fsp3) is 0.0500. The molecule has 1 heterocycles. The number of aromatic nitrogens is 1. The maximum Gasteiger partial charge on any atom is 0.339 e. The van der Waals surface area contributed by atoms with E-state index in [0.29, 0.717) is 22.1 Å². The van der Waals surface area contributed by atoms with Crippen molar-refractivity contribution in [1.82, 2.24) is 4.98 Å². The molecule has 3 aromatic rings. The van der Waals surface area contributed by atoms with Crippen LogP contribution in [0.25, 0.3) is 0 Å². The molecule has 7 heteroatoms. The molecule has 2 aromatic carbocycles. The summed E-state index contributed by atoms with van der Waals surface area (Å²) in [5.41, 5.74) is 2.17. The average Bonchev–Trinajstić information content (AvgIpc) is 2.70. The molecule has 0 aliphatic carbocycles. The van der Waals surface area contributed by atoms with E-state index in [1.165, 1.54) is 13.3 Å². The van der Waals surface area contributed by atoms with Crippen LogP contribution in [0, 0.1) is 0 Å². The number of halogens is 1. The third kappa shape index (κ3) is 4.43. The molecule has 0 spiro atoms. The summed E-state index contributed by atoms with van der Waals surface area (Å²) in [6, 6.07) is 17.2. The third-order valence-electron chi connectivity index (χ3n) is 3.73. The fourth-order valence-corrected chi connectivity index (χ4v) is 2.60. The van der Waals surface area contributed by atoms with Crippen molar-refractivity contribution >= 4 is 40.5 Å². The Hall–Kier alpha value is -3.38. The highest BCUT2D eigenvalue weighted by Crippen LogP contribution is 2.25. The maximum absolute atomic E-state index is 12.6. The molecule has 3 rings (SSSR count). The summed E-state index contributed by atoms with van der Waals surface area (Å²) in [5.74, 6) is -0.984. The molecule has 0 aliphatic heterocycles. The van der Waals surface area contributed by atoms with Crippen LogP contribution in [0.1, 0.15) is 20.8 Å². The van der Waals surface area contributed by atoms with Crippen molar-refractivity contribution in [1.29, 1.82) is 0 Å². The number of ether oxygens (including phenoxy) is 1. The van der Waals surface area contributed by atoms with Crippen LogP contribution < -0.4 is 10.6 Å². The SMILES string of the molecule is COC(=O)c1ccccc1NC(=O)c1cc(Nc2ccccc2Cl)ccn1. The molecule has 27 heavy (non-hydrogen) atoms. The normalized spacial score (nSPS) is 10.1. The van der Waals surface area contributed by atoms with E-state index in [4.69, 9.17) is 16.3 Å². The molecule has 0 bridgehead atoms. The second-order valence-electron chi connectivity index (χ2n) is 5.53. The number of nitrogens with zero attached hydrogens (tertiary/aromatic N) is 1. The number of hydrogen-bond donors (Lipinski definition) is 2. The summed E-state index contributed by atoms with van der Waals surface area (Å²) < 4.78 is 4.73. The molecule has 1 aromatic heterocycles. The van der Waals surface area contributed by atoms with Crippen LogP contribution in [0.4, 0.5) is 17.1 Å². The summed E-state index contributed by atoms with van der Waals surface area (Å²) in [4.78, 5) is 28.5. The molecule has 0 radical (unpaired) electrons. The van der Waals surface area contributed by atoms with Crippen molar-refractivity contribution in [3.05, 3.63) is 83.1 Å². The molecule has 0 saturated carbocycles. The van der Waals surface area contributed by atoms with Gasteiger partial charge in [0.15, 0.2) is 0 Å². The number of rotatable bonds is 5. The lowest BCUT2D eigenvalue weighted by atomic mass is 10.1. The number of anilines is 3. The number of nitrogens with one attached hydrogen (secondary N) is 2. The zero-order chi connectivity index (χ0) is 19.2. The number of amides is 1. The van der Waals surface area contributed by atoms with Crippen LogP contribution >= 0.6 is 11.6 Å². The van der Waals surface area contributed by atoms with Gasteiger partial charge in [-0.2, -0.15) is 0 Å². The quantitative estimate of drug-likeness (QED) is 0.635. The zero-order valence-electron chi connectivity index (χ0n) is 14.4. The van der Waals surface area contributed by atoms with Crippen molar-refractivity contribution in [2.75, 3.05) is 17.7 Å². The molecule has 1 amide bonds. The van der Waals surface area contributed by atoms with Gasteiger partial charge in [0, 0.05) is 11.9 Å². The number of carbonyl (C=O) groups excluding carboxylic acids is 2. The van der Waals surface area contributed by atoms with E-state index in [2.05, 4.69) is 15.6 Å². The molecular weight excluding hydrogens is 366 g/mol. The summed E-state index contributed by atoms with van der Waals surface area (Å²) in [6.07, 6.45) is 1.51. The maximum atomic E-state index is 12.6. The lowest BCUT2D eigenvalue weighted by molar-refractivity contribution is 0.0602. The summed E-state index contributed by atoms with van der Waals surface area (Å²) in [6.45, 7) is 0. The second kappa shape index (κ2) is 8.33. The van der Waals surface area contributed by atoms with E-state index in [9.17, 15) is 9.59 Å². The van der Waals surface area contributed by atoms with E-state index in [1.807, 2.05) is 18.2 Å². The van der Waals surface area contributed by atoms with Gasteiger partial charge in [0.05, 0.1) is 29.1 Å². The van der Waals surface area contributed by atoms with E-state index < -0.39 is 11.9 Å². The summed E-state index contributed by atoms with van der Waals surface area (Å²) in [5, 5.41) is 6.39. The highest BCUT2D eigenvalue weighted by molar-refractivity contribution is 6.33. The molecular formula is C20H16ClN3O3. The topological polar surface area (TPSA) is 80.3 Å². The van der Waals surface area contributed by atoms with Gasteiger partial charge in [-0.1, -0.05) is 35.9 Å². The predicted molar refractivity (Wildman–Crippen MR) is 105 cm³/mol. The highest BCUT2D eigenvalue weighted by atomic mass is 35.5. The molecule has 136 valence electrons. The lowest BCUT2D eigenvalue weighted by Crippen LogP contribution is -2.16. The van der Waals surface area contributed by atoms with Crippen molar-refractivity contribution < 1.29 is 14.3 Å². The summed E-state index contributed by atoms with van der Waals surface area (Å²) in [7, 11) is 1.28. The van der Waals surface area contributed by atoms with Crippen LogP contribution in [-0.4, -0.2) is 24.0 Å². The van der Waals surface area contributed by atoms with Gasteiger partial charge in [0.25, 0.3) is 5.91 Å². The predicted octanol–water partition coefficient (Wildman–Crippen LogP) is 4.52. The minimum Gasteiger partial charge on any atom is -0.465 e. The minimum absolute atomic E-state index is 0.187. The Balaban J connectivity index is 1.81. The number of benzene rings is 2. The standard InChI is InChI=1S/C20H16ClN3O3/c1-27-20(26)14-6-2-4-8-16(14)24-19(25)18-12-13(10-11-22-18)23-17-9-5-3-7-15(17)21/h2-12H,1H3,(H,22,23)(H,24,25). The molecule has 0 aliphatic rings. The van der Waals surface area contributed by atoms with Crippen LogP contribution in [0.3, 0.4) is 0 Å². The van der Waals surface area contributed by atoms with Gasteiger partial charge in [-0.25, -0.2) is 4.79 Å². The van der Waals surface area contributed by atoms with Gasteiger partial charge in [-0.05, 0) is 36.4 Å². The van der Waals surface area contributed by atoms with Gasteiger partial charge in [0.1, 0.15) is 5.69 Å². The first kappa shape index (κ1) is 18.4. The van der Waals surface area contributed by atoms with Gasteiger partial charge < -0.3 is 15.4 Å². The Morgan fingerprint density at radius 2 is 1.70 bits per heavy atom. The monoisotopic (exact) mass is 381 g/mol. The molecule has 2 N–H and O–H groups in total. The smallest absolute Gasteiger partial charge is 0.339 e. The van der Waals surface area contributed by atoms with Gasteiger partial charge in [0.2, 0.25) is 0 Å². The Morgan fingerprint density at radius 1 is 1.00 bits per heavy atom. The van der Waals surface area contributed by atoms with Crippen LogP contribution in [0.2, 0.25) is 5.02 Å². The highest BCUT2D eigenvalue weighted by Gasteiger charge is 2.15. The van der Waals surface area contributed by atoms with E-state index in [0.717, 1.165) is 0 Å². The zero-order valence-corrected chi connectivity index (χ0v) is 15.2. The van der Waals surface area contributed by atoms with Crippen molar-refractivity contribution in [3.8, 4) is 0 Å². The van der Waals surface area contributed by atoms with E-state index in [1.54, 1.807) is 42.5 Å². The number of methoxy groups -OCH3 is 1. The van der Waals surface area contributed by atoms with Crippen molar-refractivity contribution in [2.45, 2.75) is 0 Å². The van der Waals surface area contributed by atoms with Gasteiger partial charge in [-0.15, -0.1) is 0 Å². The largest absolute Gasteiger partial charge is 0.465 e. The number of para-hydroxylation sites is 2. The number of carbonyl (C=O) groups is 2. The number of esters is 1. The Bertz CT molecular complexity index is 991. The van der Waals surface area contributed by atoms with E-state index >= 15 is 0 Å². The van der Waals surface area contributed by atoms with E-state index in [-0.39, 0.29) is 11.3 Å². The molecule has 6 nitrogen and oxygen atoms in total. The Morgan fingerprint density at radius 3 is 2.44 bits per heavy atom. The Labute approximate surface area is 161 Å². The first-order valence-electron chi connectivity index (χ1n) is 8.05. The average molecular weight is 382 g/mol. The fourth-order valence-electron chi connectivity index (χ4n) is 2.42. The first-order valence-corrected chi connectivity index (χ1v) is 8.42. The minimum atomic E-state index is -0.534. The summed E-state index contributed by atoms with van der Waals surface area (Å²) >= 11 is 6.14. The number of pyridine rings is 1.